The van der Waals surface area contributed by atoms with E-state index in [1.807, 2.05) is 37.5 Å². The normalized spacial score (nSPS) is 28.4. The van der Waals surface area contributed by atoms with Crippen LogP contribution < -0.4 is 5.32 Å². The number of benzene rings is 1. The maximum Gasteiger partial charge on any atom is 0.250 e. The Balaban J connectivity index is 1.48. The summed E-state index contributed by atoms with van der Waals surface area (Å²) in [6.07, 6.45) is 7.27. The summed E-state index contributed by atoms with van der Waals surface area (Å²) in [6, 6.07) is 8.15. The molecular formula is C21H25N5O2. The summed E-state index contributed by atoms with van der Waals surface area (Å²) in [5.41, 5.74) is 2.02. The number of para-hydroxylation sites is 1. The predicted molar refractivity (Wildman–Crippen MR) is 105 cm³/mol. The number of hydrogen-bond acceptors (Lipinski definition) is 4. The molecule has 3 atom stereocenters. The minimum absolute atomic E-state index is 0.0420. The average Bonchev–Trinajstić information content (AvgIpc) is 3.45. The van der Waals surface area contributed by atoms with Crippen LogP contribution in [-0.4, -0.2) is 58.0 Å². The number of aromatic nitrogens is 2. The molecule has 0 saturated carbocycles. The van der Waals surface area contributed by atoms with Crippen LogP contribution in [0.5, 0.6) is 0 Å². The molecule has 7 heteroatoms. The standard InChI is InChI=1S/C21H25N5O2/c1-25(10-8-14-12-22-23-13-14)19(27)17-11-15-5-4-9-26(15)21(17)16-6-2-3-7-18(16)24-20(21)28/h2-3,6-7,12-13,15,17H,4-5,8-11H2,1H3,(H,22,23)(H,24,28)/t15-,17-,21+/m1/s1. The number of nitrogens with one attached hydrogen (secondary N) is 2. The summed E-state index contributed by atoms with van der Waals surface area (Å²) in [6.45, 7) is 1.48. The largest absolute Gasteiger partial charge is 0.345 e. The second kappa shape index (κ2) is 6.44. The molecule has 146 valence electrons. The molecule has 3 aliphatic rings. The summed E-state index contributed by atoms with van der Waals surface area (Å²) >= 11 is 0. The van der Waals surface area contributed by atoms with Crippen molar-refractivity contribution >= 4 is 17.5 Å². The number of nitrogens with zero attached hydrogens (tertiary/aromatic N) is 3. The first-order valence-electron chi connectivity index (χ1n) is 10.0. The summed E-state index contributed by atoms with van der Waals surface area (Å²) in [5, 5.41) is 9.83. The molecule has 5 rings (SSSR count). The molecule has 2 saturated heterocycles. The predicted octanol–water partition coefficient (Wildman–Crippen LogP) is 1.74. The van der Waals surface area contributed by atoms with Crippen molar-refractivity contribution in [3.05, 3.63) is 47.8 Å². The summed E-state index contributed by atoms with van der Waals surface area (Å²) in [5.74, 6) is -0.333. The third-order valence-electron chi connectivity index (χ3n) is 6.74. The van der Waals surface area contributed by atoms with E-state index in [2.05, 4.69) is 20.4 Å². The summed E-state index contributed by atoms with van der Waals surface area (Å²) in [4.78, 5) is 31.0. The molecule has 1 aromatic heterocycles. The SMILES string of the molecule is CN(CCc1cn[nH]c1)C(=O)[C@H]1C[C@H]2CCCN2[C@]12C(=O)Nc1ccccc12. The van der Waals surface area contributed by atoms with Crippen LogP contribution in [0, 0.1) is 5.92 Å². The van der Waals surface area contributed by atoms with Crippen molar-refractivity contribution in [1.82, 2.24) is 20.0 Å². The second-order valence-electron chi connectivity index (χ2n) is 8.16. The molecule has 1 aromatic carbocycles. The van der Waals surface area contributed by atoms with E-state index in [1.54, 1.807) is 11.1 Å². The highest BCUT2D eigenvalue weighted by Gasteiger charge is 2.65. The Hall–Kier alpha value is -2.67. The van der Waals surface area contributed by atoms with E-state index in [4.69, 9.17) is 0 Å². The third-order valence-corrected chi connectivity index (χ3v) is 6.74. The van der Waals surface area contributed by atoms with E-state index in [0.29, 0.717) is 12.6 Å². The first-order valence-corrected chi connectivity index (χ1v) is 10.0. The Labute approximate surface area is 164 Å². The summed E-state index contributed by atoms with van der Waals surface area (Å²) < 4.78 is 0. The van der Waals surface area contributed by atoms with Crippen molar-refractivity contribution < 1.29 is 9.59 Å². The van der Waals surface area contributed by atoms with E-state index >= 15 is 0 Å². The van der Waals surface area contributed by atoms with Crippen molar-refractivity contribution in [3.8, 4) is 0 Å². The highest BCUT2D eigenvalue weighted by atomic mass is 16.2. The maximum absolute atomic E-state index is 13.5. The zero-order chi connectivity index (χ0) is 19.3. The molecule has 0 bridgehead atoms. The number of carbonyl (C=O) groups is 2. The molecule has 28 heavy (non-hydrogen) atoms. The van der Waals surface area contributed by atoms with Crippen LogP contribution in [0.1, 0.15) is 30.4 Å². The number of anilines is 1. The smallest absolute Gasteiger partial charge is 0.250 e. The molecule has 7 nitrogen and oxygen atoms in total. The van der Waals surface area contributed by atoms with E-state index in [1.165, 1.54) is 0 Å². The van der Waals surface area contributed by atoms with Gasteiger partial charge in [-0.15, -0.1) is 0 Å². The lowest BCUT2D eigenvalue weighted by Crippen LogP contribution is -2.54. The zero-order valence-corrected chi connectivity index (χ0v) is 16.0. The second-order valence-corrected chi connectivity index (χ2v) is 8.16. The highest BCUT2D eigenvalue weighted by molar-refractivity contribution is 6.09. The van der Waals surface area contributed by atoms with E-state index in [-0.39, 0.29) is 17.7 Å². The molecule has 2 N–H and O–H groups in total. The number of H-pyrrole nitrogens is 1. The molecule has 2 amide bonds. The van der Waals surface area contributed by atoms with E-state index < -0.39 is 5.54 Å². The van der Waals surface area contributed by atoms with Crippen molar-refractivity contribution in [3.63, 3.8) is 0 Å². The van der Waals surface area contributed by atoms with Gasteiger partial charge in [0.1, 0.15) is 5.54 Å². The maximum atomic E-state index is 13.5. The fraction of sp³-hybridized carbons (Fsp3) is 0.476. The van der Waals surface area contributed by atoms with Crippen molar-refractivity contribution in [2.45, 2.75) is 37.3 Å². The number of amides is 2. The van der Waals surface area contributed by atoms with Gasteiger partial charge in [-0.2, -0.15) is 5.10 Å². The van der Waals surface area contributed by atoms with Crippen LogP contribution in [-0.2, 0) is 21.5 Å². The van der Waals surface area contributed by atoms with Gasteiger partial charge in [-0.05, 0) is 43.9 Å². The fourth-order valence-electron chi connectivity index (χ4n) is 5.45. The molecular weight excluding hydrogens is 354 g/mol. The lowest BCUT2D eigenvalue weighted by atomic mass is 9.78. The molecule has 3 aliphatic heterocycles. The Bertz CT molecular complexity index is 911. The van der Waals surface area contributed by atoms with Gasteiger partial charge in [-0.1, -0.05) is 18.2 Å². The molecule has 4 heterocycles. The minimum Gasteiger partial charge on any atom is -0.345 e. The molecule has 0 aliphatic carbocycles. The van der Waals surface area contributed by atoms with Crippen LogP contribution in [0.15, 0.2) is 36.7 Å². The molecule has 2 aromatic rings. The van der Waals surface area contributed by atoms with Gasteiger partial charge < -0.3 is 10.2 Å². The number of likely N-dealkylation sites (N-methyl/N-ethyl adjacent to an activating group) is 1. The van der Waals surface area contributed by atoms with E-state index in [0.717, 1.165) is 49.0 Å². The Morgan fingerprint density at radius 1 is 1.39 bits per heavy atom. The van der Waals surface area contributed by atoms with Gasteiger partial charge in [-0.3, -0.25) is 19.6 Å². The third kappa shape index (κ3) is 2.35. The van der Waals surface area contributed by atoms with Gasteiger partial charge in [0.15, 0.2) is 0 Å². The number of hydrogen-bond donors (Lipinski definition) is 2. The van der Waals surface area contributed by atoms with Gasteiger partial charge in [0.25, 0.3) is 0 Å². The first kappa shape index (κ1) is 17.4. The van der Waals surface area contributed by atoms with Crippen molar-refractivity contribution in [1.29, 1.82) is 0 Å². The minimum atomic E-state index is -0.862. The first-order chi connectivity index (χ1) is 13.6. The number of carbonyl (C=O) groups excluding carboxylic acids is 2. The molecule has 2 fully saturated rings. The Kier molecular flexibility index (Phi) is 4.01. The van der Waals surface area contributed by atoms with Crippen molar-refractivity contribution in [2.75, 3.05) is 25.5 Å². The van der Waals surface area contributed by atoms with Gasteiger partial charge in [0, 0.05) is 37.1 Å². The highest BCUT2D eigenvalue weighted by Crippen LogP contribution is 2.55. The number of aromatic amines is 1. The molecule has 1 spiro atoms. The average molecular weight is 379 g/mol. The van der Waals surface area contributed by atoms with Crippen LogP contribution in [0.2, 0.25) is 0 Å². The Morgan fingerprint density at radius 2 is 2.25 bits per heavy atom. The topological polar surface area (TPSA) is 81.3 Å². The van der Waals surface area contributed by atoms with E-state index in [9.17, 15) is 9.59 Å². The van der Waals surface area contributed by atoms with Crippen LogP contribution in [0.25, 0.3) is 0 Å². The number of rotatable bonds is 4. The van der Waals surface area contributed by atoms with Gasteiger partial charge in [0.2, 0.25) is 11.8 Å². The molecule has 0 unspecified atom stereocenters. The lowest BCUT2D eigenvalue weighted by molar-refractivity contribution is -0.143. The van der Waals surface area contributed by atoms with Crippen LogP contribution in [0.4, 0.5) is 5.69 Å². The van der Waals surface area contributed by atoms with Gasteiger partial charge >= 0.3 is 0 Å². The van der Waals surface area contributed by atoms with Crippen LogP contribution >= 0.6 is 0 Å². The van der Waals surface area contributed by atoms with Gasteiger partial charge in [0.05, 0.1) is 12.1 Å². The van der Waals surface area contributed by atoms with Crippen LogP contribution in [0.3, 0.4) is 0 Å². The fourth-order valence-corrected chi connectivity index (χ4v) is 5.45. The zero-order valence-electron chi connectivity index (χ0n) is 16.0. The molecule has 0 radical (unpaired) electrons. The summed E-state index contributed by atoms with van der Waals surface area (Å²) in [7, 11) is 1.85. The number of fused-ring (bicyclic) bond motifs is 4. The van der Waals surface area contributed by atoms with Gasteiger partial charge in [-0.25, -0.2) is 0 Å². The Morgan fingerprint density at radius 3 is 3.07 bits per heavy atom. The lowest BCUT2D eigenvalue weighted by Gasteiger charge is -2.37. The monoisotopic (exact) mass is 379 g/mol. The van der Waals surface area contributed by atoms with Crippen molar-refractivity contribution in [2.24, 2.45) is 5.92 Å². The quantitative estimate of drug-likeness (QED) is 0.848.